The van der Waals surface area contributed by atoms with Gasteiger partial charge in [0.25, 0.3) is 0 Å². The zero-order chi connectivity index (χ0) is 43.6. The van der Waals surface area contributed by atoms with E-state index in [0.29, 0.717) is 6.61 Å². The molecule has 0 aromatic heterocycles. The molecule has 0 saturated carbocycles. The predicted molar refractivity (Wildman–Crippen MR) is 263 cm³/mol. The number of ether oxygens (including phenoxy) is 1. The lowest BCUT2D eigenvalue weighted by Crippen LogP contribution is -2.71. The molecule has 0 fully saturated rings. The van der Waals surface area contributed by atoms with E-state index in [4.69, 9.17) is 16.2 Å². The zero-order valence-corrected chi connectivity index (χ0v) is 41.6. The minimum Gasteiger partial charge on any atom is -0.464 e. The van der Waals surface area contributed by atoms with Crippen molar-refractivity contribution < 1.29 is 9.53 Å². The monoisotopic (exact) mass is 834 g/mol. The van der Waals surface area contributed by atoms with Crippen LogP contribution in [-0.2, 0) is 9.53 Å². The summed E-state index contributed by atoms with van der Waals surface area (Å²) in [5.74, 6) is -0.0441. The Bertz CT molecular complexity index is 837. The summed E-state index contributed by atoms with van der Waals surface area (Å²) < 4.78 is 6.40. The number of carbonyl (C=O) groups is 1. The third kappa shape index (κ3) is 32.7. The first kappa shape index (κ1) is 58.4. The molecule has 0 amide bonds. The summed E-state index contributed by atoms with van der Waals surface area (Å²) in [6, 6.07) is 0. The van der Waals surface area contributed by atoms with E-state index in [0.717, 1.165) is 64.2 Å². The Hall–Kier alpha value is -0.650. The first-order chi connectivity index (χ1) is 28.7. The van der Waals surface area contributed by atoms with Gasteiger partial charge < -0.3 is 16.2 Å². The molecule has 0 bridgehead atoms. The highest BCUT2D eigenvalue weighted by Gasteiger charge is 2.51. The summed E-state index contributed by atoms with van der Waals surface area (Å²) in [6.45, 7) is 13.9. The molecule has 2 atom stereocenters. The Morgan fingerprint density at radius 2 is 0.661 bits per heavy atom. The van der Waals surface area contributed by atoms with Crippen LogP contribution in [0, 0.1) is 0 Å². The highest BCUT2D eigenvalue weighted by molar-refractivity contribution is 5.81. The molecule has 0 aliphatic heterocycles. The van der Waals surface area contributed by atoms with Gasteiger partial charge in [-0.05, 0) is 39.5 Å². The van der Waals surface area contributed by atoms with E-state index in [2.05, 4.69) is 46.4 Å². The van der Waals surface area contributed by atoms with Gasteiger partial charge in [-0.15, -0.1) is 0 Å². The quantitative estimate of drug-likeness (QED) is 0.0362. The molecular weight excluding hydrogens is 723 g/mol. The number of unbranched alkanes of at least 4 members (excludes halogenated alkanes) is 36. The standard InChI is InChI=1S/C54H111N3O2/c1-7-11-15-19-23-27-31-35-39-43-47-53(6,56)57(51(5)55)54(48-44-40-36-32-28-24-20-16-12-8-2,49-45-41-37-33-29-25-21-17-13-9-3)52(58)59-50-46-42-38-34-30-26-22-18-14-10-4/h51H,7-50,55-56H2,1-6H3. The van der Waals surface area contributed by atoms with Crippen LogP contribution in [0.1, 0.15) is 318 Å². The van der Waals surface area contributed by atoms with Gasteiger partial charge in [0, 0.05) is 0 Å². The lowest BCUT2D eigenvalue weighted by atomic mass is 9.81. The number of nitrogens with two attached hydrogens (primary N) is 2. The molecule has 354 valence electrons. The van der Waals surface area contributed by atoms with Crippen LogP contribution >= 0.6 is 0 Å². The van der Waals surface area contributed by atoms with Gasteiger partial charge in [0.1, 0.15) is 5.54 Å². The topological polar surface area (TPSA) is 81.6 Å². The number of esters is 1. The van der Waals surface area contributed by atoms with Gasteiger partial charge in [-0.1, -0.05) is 278 Å². The smallest absolute Gasteiger partial charge is 0.326 e. The molecule has 0 aromatic rings. The zero-order valence-electron chi connectivity index (χ0n) is 41.6. The van der Waals surface area contributed by atoms with Gasteiger partial charge in [0.05, 0.1) is 18.4 Å². The van der Waals surface area contributed by atoms with Gasteiger partial charge >= 0.3 is 5.97 Å². The number of hydrogen-bond donors (Lipinski definition) is 2. The SMILES string of the molecule is CCCCCCCCCCCCOC(=O)C(CCCCCCCCCCCC)(CCCCCCCCCCCC)N(C(C)N)C(C)(N)CCCCCCCCCCCC. The van der Waals surface area contributed by atoms with E-state index in [1.165, 1.54) is 212 Å². The molecule has 0 saturated heterocycles. The molecule has 0 aliphatic rings. The number of rotatable bonds is 48. The maximum atomic E-state index is 14.9. The molecule has 0 spiro atoms. The van der Waals surface area contributed by atoms with Gasteiger partial charge in [-0.25, -0.2) is 0 Å². The maximum absolute atomic E-state index is 14.9. The van der Waals surface area contributed by atoms with Crippen LogP contribution in [0.2, 0.25) is 0 Å². The lowest BCUT2D eigenvalue weighted by molar-refractivity contribution is -0.170. The van der Waals surface area contributed by atoms with Crippen LogP contribution in [0.5, 0.6) is 0 Å². The van der Waals surface area contributed by atoms with Gasteiger partial charge in [0.2, 0.25) is 0 Å². The van der Waals surface area contributed by atoms with Crippen molar-refractivity contribution in [3.63, 3.8) is 0 Å². The minimum absolute atomic E-state index is 0.0441. The average molecular weight is 835 g/mol. The molecule has 0 radical (unpaired) electrons. The fourth-order valence-corrected chi connectivity index (χ4v) is 9.80. The summed E-state index contributed by atoms with van der Waals surface area (Å²) in [5.41, 5.74) is 13.0. The number of hydrogen-bond acceptors (Lipinski definition) is 5. The molecule has 5 heteroatoms. The predicted octanol–water partition coefficient (Wildman–Crippen LogP) is 17.4. The second kappa shape index (κ2) is 42.6. The molecule has 0 heterocycles. The van der Waals surface area contributed by atoms with E-state index in [-0.39, 0.29) is 12.1 Å². The van der Waals surface area contributed by atoms with Crippen molar-refractivity contribution in [2.75, 3.05) is 6.61 Å². The summed E-state index contributed by atoms with van der Waals surface area (Å²) in [6.07, 6.45) is 53.6. The molecule has 0 aliphatic carbocycles. The van der Waals surface area contributed by atoms with Crippen LogP contribution < -0.4 is 11.5 Å². The summed E-state index contributed by atoms with van der Waals surface area (Å²) in [7, 11) is 0. The highest BCUT2D eigenvalue weighted by atomic mass is 16.5. The van der Waals surface area contributed by atoms with E-state index in [1.807, 2.05) is 0 Å². The molecule has 0 rings (SSSR count). The average Bonchev–Trinajstić information content (AvgIpc) is 3.21. The van der Waals surface area contributed by atoms with Crippen molar-refractivity contribution in [1.29, 1.82) is 0 Å². The van der Waals surface area contributed by atoms with Crippen molar-refractivity contribution in [2.24, 2.45) is 11.5 Å². The van der Waals surface area contributed by atoms with Gasteiger partial charge in [-0.3, -0.25) is 9.69 Å². The van der Waals surface area contributed by atoms with Crippen molar-refractivity contribution in [3.8, 4) is 0 Å². The summed E-state index contributed by atoms with van der Waals surface area (Å²) >= 11 is 0. The van der Waals surface area contributed by atoms with Gasteiger partial charge in [-0.2, -0.15) is 0 Å². The Balaban J connectivity index is 5.82. The van der Waals surface area contributed by atoms with Gasteiger partial charge in [0.15, 0.2) is 0 Å². The van der Waals surface area contributed by atoms with E-state index in [1.54, 1.807) is 0 Å². The molecule has 5 nitrogen and oxygen atoms in total. The van der Waals surface area contributed by atoms with Crippen LogP contribution in [0.4, 0.5) is 0 Å². The highest BCUT2D eigenvalue weighted by Crippen LogP contribution is 2.38. The fraction of sp³-hybridized carbons (Fsp3) is 0.981. The van der Waals surface area contributed by atoms with Crippen LogP contribution in [-0.4, -0.2) is 34.8 Å². The molecule has 59 heavy (non-hydrogen) atoms. The van der Waals surface area contributed by atoms with E-state index in [9.17, 15) is 4.79 Å². The second-order valence-corrected chi connectivity index (χ2v) is 19.6. The Morgan fingerprint density at radius 3 is 0.932 bits per heavy atom. The fourth-order valence-electron chi connectivity index (χ4n) is 9.80. The van der Waals surface area contributed by atoms with Crippen molar-refractivity contribution in [1.82, 2.24) is 4.90 Å². The number of carbonyl (C=O) groups excluding carboxylic acids is 1. The number of nitrogens with zero attached hydrogens (tertiary/aromatic N) is 1. The van der Waals surface area contributed by atoms with Crippen LogP contribution in [0.15, 0.2) is 0 Å². The molecular formula is C54H111N3O2. The summed E-state index contributed by atoms with van der Waals surface area (Å²) in [4.78, 5) is 17.2. The minimum atomic E-state index is -0.783. The Morgan fingerprint density at radius 1 is 0.424 bits per heavy atom. The Labute approximate surface area is 372 Å². The van der Waals surface area contributed by atoms with E-state index >= 15 is 0 Å². The first-order valence-electron chi connectivity index (χ1n) is 27.2. The largest absolute Gasteiger partial charge is 0.464 e. The molecule has 4 N–H and O–H groups in total. The van der Waals surface area contributed by atoms with E-state index < -0.39 is 11.2 Å². The lowest BCUT2D eigenvalue weighted by Gasteiger charge is -2.52. The summed E-state index contributed by atoms with van der Waals surface area (Å²) in [5, 5.41) is 0. The third-order valence-corrected chi connectivity index (χ3v) is 13.5. The van der Waals surface area contributed by atoms with Crippen molar-refractivity contribution >= 4 is 5.97 Å². The molecule has 0 aromatic carbocycles. The Kier molecular flexibility index (Phi) is 42.2. The maximum Gasteiger partial charge on any atom is 0.326 e. The van der Waals surface area contributed by atoms with Crippen LogP contribution in [0.25, 0.3) is 0 Å². The normalized spacial score (nSPS) is 13.6. The third-order valence-electron chi connectivity index (χ3n) is 13.5. The van der Waals surface area contributed by atoms with Crippen molar-refractivity contribution in [2.45, 2.75) is 335 Å². The molecule has 2 unspecified atom stereocenters. The van der Waals surface area contributed by atoms with Crippen molar-refractivity contribution in [3.05, 3.63) is 0 Å². The first-order valence-corrected chi connectivity index (χ1v) is 27.2. The van der Waals surface area contributed by atoms with Crippen LogP contribution in [0.3, 0.4) is 0 Å². The second-order valence-electron chi connectivity index (χ2n) is 19.6.